The van der Waals surface area contributed by atoms with Crippen LogP contribution in [0.15, 0.2) is 18.2 Å². The number of carbonyl (C=O) groups excluding carboxylic acids is 1. The highest BCUT2D eigenvalue weighted by molar-refractivity contribution is 5.86. The van der Waals surface area contributed by atoms with Crippen LogP contribution in [0.3, 0.4) is 0 Å². The SMILES string of the molecule is CC1(C)C(=O)NCCN1Cc1ccc(N)cc1C(F)(F)F. The van der Waals surface area contributed by atoms with Gasteiger partial charge in [0.05, 0.1) is 11.1 Å². The summed E-state index contributed by atoms with van der Waals surface area (Å²) in [5, 5.41) is 2.72. The maximum Gasteiger partial charge on any atom is 0.416 e. The van der Waals surface area contributed by atoms with Crippen molar-refractivity contribution >= 4 is 11.6 Å². The number of amides is 1. The quantitative estimate of drug-likeness (QED) is 0.821. The number of anilines is 1. The first-order valence-corrected chi connectivity index (χ1v) is 6.61. The summed E-state index contributed by atoms with van der Waals surface area (Å²) in [4.78, 5) is 13.6. The van der Waals surface area contributed by atoms with E-state index in [1.54, 1.807) is 18.7 Å². The minimum absolute atomic E-state index is 0.0511. The molecule has 2 rings (SSSR count). The molecule has 3 N–H and O–H groups in total. The molecule has 0 aliphatic carbocycles. The van der Waals surface area contributed by atoms with E-state index < -0.39 is 17.3 Å². The molecular formula is C14H18F3N3O. The number of nitrogens with one attached hydrogen (secondary N) is 1. The van der Waals surface area contributed by atoms with Gasteiger partial charge >= 0.3 is 6.18 Å². The number of nitrogens with zero attached hydrogens (tertiary/aromatic N) is 1. The van der Waals surface area contributed by atoms with Crippen molar-refractivity contribution in [1.82, 2.24) is 10.2 Å². The van der Waals surface area contributed by atoms with E-state index in [4.69, 9.17) is 5.73 Å². The number of piperazine rings is 1. The Labute approximate surface area is 121 Å². The van der Waals surface area contributed by atoms with Crippen LogP contribution in [-0.2, 0) is 17.5 Å². The number of carbonyl (C=O) groups is 1. The molecule has 0 spiro atoms. The second-order valence-corrected chi connectivity index (χ2v) is 5.65. The van der Waals surface area contributed by atoms with E-state index in [0.29, 0.717) is 13.1 Å². The van der Waals surface area contributed by atoms with Gasteiger partial charge in [0.1, 0.15) is 0 Å². The predicted octanol–water partition coefficient (Wildman–Crippen LogP) is 2.00. The van der Waals surface area contributed by atoms with E-state index in [2.05, 4.69) is 5.32 Å². The third-order valence-electron chi connectivity index (χ3n) is 3.81. The standard InChI is InChI=1S/C14H18F3N3O/c1-13(2)12(21)19-5-6-20(13)8-9-3-4-10(18)7-11(9)14(15,16)17/h3-4,7H,5-6,8,18H2,1-2H3,(H,19,21). The number of halogens is 3. The van der Waals surface area contributed by atoms with Crippen LogP contribution < -0.4 is 11.1 Å². The van der Waals surface area contributed by atoms with Gasteiger partial charge in [-0.25, -0.2) is 0 Å². The summed E-state index contributed by atoms with van der Waals surface area (Å²) in [6, 6.07) is 3.76. The van der Waals surface area contributed by atoms with Crippen LogP contribution in [0.25, 0.3) is 0 Å². The average Bonchev–Trinajstić information content (AvgIpc) is 2.36. The van der Waals surface area contributed by atoms with E-state index in [1.807, 2.05) is 0 Å². The first-order chi connectivity index (χ1) is 9.62. The number of nitrogens with two attached hydrogens (primary N) is 1. The van der Waals surface area contributed by atoms with Gasteiger partial charge in [0.25, 0.3) is 0 Å². The highest BCUT2D eigenvalue weighted by atomic mass is 19.4. The lowest BCUT2D eigenvalue weighted by Gasteiger charge is -2.41. The Morgan fingerprint density at radius 3 is 2.67 bits per heavy atom. The topological polar surface area (TPSA) is 58.4 Å². The molecule has 1 aromatic carbocycles. The van der Waals surface area contributed by atoms with Gasteiger partial charge in [0, 0.05) is 25.3 Å². The van der Waals surface area contributed by atoms with Crippen LogP contribution in [0.5, 0.6) is 0 Å². The highest BCUT2D eigenvalue weighted by Gasteiger charge is 2.39. The lowest BCUT2D eigenvalue weighted by atomic mass is 9.96. The van der Waals surface area contributed by atoms with Crippen molar-refractivity contribution in [3.8, 4) is 0 Å². The molecule has 0 radical (unpaired) electrons. The Morgan fingerprint density at radius 1 is 1.38 bits per heavy atom. The molecular weight excluding hydrogens is 283 g/mol. The van der Waals surface area contributed by atoms with Crippen molar-refractivity contribution < 1.29 is 18.0 Å². The maximum absolute atomic E-state index is 13.1. The van der Waals surface area contributed by atoms with Crippen LogP contribution in [-0.4, -0.2) is 29.4 Å². The first-order valence-electron chi connectivity index (χ1n) is 6.61. The molecule has 0 aromatic heterocycles. The van der Waals surface area contributed by atoms with Gasteiger partial charge < -0.3 is 11.1 Å². The summed E-state index contributed by atoms with van der Waals surface area (Å²) in [5.74, 6) is -0.183. The predicted molar refractivity (Wildman–Crippen MR) is 73.4 cm³/mol. The molecule has 1 aromatic rings. The maximum atomic E-state index is 13.1. The summed E-state index contributed by atoms with van der Waals surface area (Å²) in [6.45, 7) is 4.38. The molecule has 0 bridgehead atoms. The normalized spacial score (nSPS) is 19.4. The zero-order valence-corrected chi connectivity index (χ0v) is 11.9. The molecule has 1 amide bonds. The molecule has 1 heterocycles. The zero-order valence-electron chi connectivity index (χ0n) is 11.9. The summed E-state index contributed by atoms with van der Waals surface area (Å²) < 4.78 is 39.3. The number of benzene rings is 1. The van der Waals surface area contributed by atoms with E-state index >= 15 is 0 Å². The summed E-state index contributed by atoms with van der Waals surface area (Å²) in [5.41, 5.74) is 4.06. The fraction of sp³-hybridized carbons (Fsp3) is 0.500. The van der Waals surface area contributed by atoms with E-state index in [1.165, 1.54) is 12.1 Å². The van der Waals surface area contributed by atoms with Crippen molar-refractivity contribution in [2.75, 3.05) is 18.8 Å². The van der Waals surface area contributed by atoms with Crippen LogP contribution in [0.4, 0.5) is 18.9 Å². The van der Waals surface area contributed by atoms with Gasteiger partial charge in [-0.3, -0.25) is 9.69 Å². The minimum atomic E-state index is -4.47. The van der Waals surface area contributed by atoms with Gasteiger partial charge in [-0.1, -0.05) is 6.07 Å². The average molecular weight is 301 g/mol. The highest BCUT2D eigenvalue weighted by Crippen LogP contribution is 2.34. The van der Waals surface area contributed by atoms with E-state index in [9.17, 15) is 18.0 Å². The summed E-state index contributed by atoms with van der Waals surface area (Å²) in [7, 11) is 0. The van der Waals surface area contributed by atoms with Gasteiger partial charge in [0.15, 0.2) is 0 Å². The van der Waals surface area contributed by atoms with E-state index in [-0.39, 0.29) is 23.7 Å². The lowest BCUT2D eigenvalue weighted by molar-refractivity contribution is -0.139. The summed E-state index contributed by atoms with van der Waals surface area (Å²) in [6.07, 6.45) is -4.47. The number of rotatable bonds is 2. The van der Waals surface area contributed by atoms with Crippen LogP contribution >= 0.6 is 0 Å². The Morgan fingerprint density at radius 2 is 2.05 bits per heavy atom. The Balaban J connectivity index is 2.33. The molecule has 1 fully saturated rings. The first kappa shape index (κ1) is 15.6. The number of alkyl halides is 3. The van der Waals surface area contributed by atoms with Crippen molar-refractivity contribution in [2.24, 2.45) is 0 Å². The Bertz CT molecular complexity index is 555. The molecule has 21 heavy (non-hydrogen) atoms. The van der Waals surface area contributed by atoms with Crippen molar-refractivity contribution in [1.29, 1.82) is 0 Å². The fourth-order valence-electron chi connectivity index (χ4n) is 2.42. The number of nitrogen functional groups attached to an aromatic ring is 1. The van der Waals surface area contributed by atoms with Gasteiger partial charge in [0.2, 0.25) is 5.91 Å². The second-order valence-electron chi connectivity index (χ2n) is 5.65. The van der Waals surface area contributed by atoms with Gasteiger partial charge in [-0.05, 0) is 31.5 Å². The third kappa shape index (κ3) is 3.12. The number of hydrogen-bond donors (Lipinski definition) is 2. The molecule has 0 saturated carbocycles. The molecule has 1 saturated heterocycles. The van der Waals surface area contributed by atoms with Crippen molar-refractivity contribution in [3.05, 3.63) is 29.3 Å². The smallest absolute Gasteiger partial charge is 0.399 e. The molecule has 1 aliphatic rings. The van der Waals surface area contributed by atoms with Crippen LogP contribution in [0.1, 0.15) is 25.0 Å². The molecule has 1 aliphatic heterocycles. The minimum Gasteiger partial charge on any atom is -0.399 e. The molecule has 0 atom stereocenters. The molecule has 4 nitrogen and oxygen atoms in total. The van der Waals surface area contributed by atoms with Crippen LogP contribution in [0.2, 0.25) is 0 Å². The Kier molecular flexibility index (Phi) is 3.88. The molecule has 7 heteroatoms. The molecule has 116 valence electrons. The van der Waals surface area contributed by atoms with Crippen LogP contribution in [0, 0.1) is 0 Å². The molecule has 0 unspecified atom stereocenters. The Hall–Kier alpha value is -1.76. The van der Waals surface area contributed by atoms with Crippen molar-refractivity contribution in [3.63, 3.8) is 0 Å². The van der Waals surface area contributed by atoms with Gasteiger partial charge in [-0.2, -0.15) is 13.2 Å². The number of hydrogen-bond acceptors (Lipinski definition) is 3. The van der Waals surface area contributed by atoms with Crippen molar-refractivity contribution in [2.45, 2.75) is 32.1 Å². The largest absolute Gasteiger partial charge is 0.416 e. The third-order valence-corrected chi connectivity index (χ3v) is 3.81. The fourth-order valence-corrected chi connectivity index (χ4v) is 2.42. The zero-order chi connectivity index (χ0) is 15.8. The van der Waals surface area contributed by atoms with E-state index in [0.717, 1.165) is 6.07 Å². The monoisotopic (exact) mass is 301 g/mol. The van der Waals surface area contributed by atoms with Gasteiger partial charge in [-0.15, -0.1) is 0 Å². The second kappa shape index (κ2) is 5.22. The lowest BCUT2D eigenvalue weighted by Crippen LogP contribution is -2.61. The summed E-state index contributed by atoms with van der Waals surface area (Å²) >= 11 is 0.